The first-order valence-corrected chi connectivity index (χ1v) is 8.38. The van der Waals surface area contributed by atoms with Crippen molar-refractivity contribution in [2.45, 2.75) is 57.5 Å². The first-order valence-electron chi connectivity index (χ1n) is 8.38. The maximum absolute atomic E-state index is 12.6. The molecule has 2 aliphatic rings. The third-order valence-corrected chi connectivity index (χ3v) is 4.90. The van der Waals surface area contributed by atoms with E-state index in [0.717, 1.165) is 31.6 Å². The second-order valence-electron chi connectivity index (χ2n) is 7.86. The van der Waals surface area contributed by atoms with Crippen LogP contribution >= 0.6 is 0 Å². The average Bonchev–Trinajstić information content (AvgIpc) is 2.46. The standard InChI is InChI=1S/C19H27NO2/c1-19(2,3)15-6-4-13(5-7-15)8-18(21)14-9-16-11-22-12-17(10-14)20-16/h4-7,14,16-17,20H,8-12H2,1-3H3. The molecule has 1 aromatic rings. The van der Waals surface area contributed by atoms with Gasteiger partial charge in [0.05, 0.1) is 13.2 Å². The van der Waals surface area contributed by atoms with Crippen LogP contribution in [-0.2, 0) is 21.4 Å². The summed E-state index contributed by atoms with van der Waals surface area (Å²) in [5.41, 5.74) is 2.62. The van der Waals surface area contributed by atoms with E-state index in [-0.39, 0.29) is 11.3 Å². The predicted octanol–water partition coefficient (Wildman–Crippen LogP) is 2.86. The Morgan fingerprint density at radius 1 is 1.14 bits per heavy atom. The van der Waals surface area contributed by atoms with Crippen molar-refractivity contribution in [3.8, 4) is 0 Å². The first-order chi connectivity index (χ1) is 10.4. The summed E-state index contributed by atoms with van der Waals surface area (Å²) in [6.45, 7) is 8.14. The summed E-state index contributed by atoms with van der Waals surface area (Å²) in [5.74, 6) is 0.587. The molecule has 22 heavy (non-hydrogen) atoms. The molecule has 2 saturated heterocycles. The van der Waals surface area contributed by atoms with Crippen molar-refractivity contribution < 1.29 is 9.53 Å². The number of piperidine rings is 1. The quantitative estimate of drug-likeness (QED) is 0.933. The number of Topliss-reactive ketones (excluding diaryl/α,β-unsaturated/α-hetero) is 1. The lowest BCUT2D eigenvalue weighted by atomic mass is 9.82. The van der Waals surface area contributed by atoms with Crippen LogP contribution in [0, 0.1) is 5.92 Å². The Hall–Kier alpha value is -1.19. The molecule has 0 amide bonds. The summed E-state index contributed by atoms with van der Waals surface area (Å²) >= 11 is 0. The van der Waals surface area contributed by atoms with Gasteiger partial charge in [0.25, 0.3) is 0 Å². The molecule has 2 heterocycles. The first kappa shape index (κ1) is 15.7. The topological polar surface area (TPSA) is 38.3 Å². The van der Waals surface area contributed by atoms with Gasteiger partial charge in [-0.3, -0.25) is 4.79 Å². The van der Waals surface area contributed by atoms with Crippen LogP contribution in [0.2, 0.25) is 0 Å². The van der Waals surface area contributed by atoms with E-state index < -0.39 is 0 Å². The summed E-state index contributed by atoms with van der Waals surface area (Å²) in [6, 6.07) is 9.28. The molecule has 3 nitrogen and oxygen atoms in total. The minimum Gasteiger partial charge on any atom is -0.378 e. The van der Waals surface area contributed by atoms with Crippen LogP contribution in [0.5, 0.6) is 0 Å². The highest BCUT2D eigenvalue weighted by molar-refractivity contribution is 5.83. The number of hydrogen-bond donors (Lipinski definition) is 1. The summed E-state index contributed by atoms with van der Waals surface area (Å²) in [7, 11) is 0. The zero-order valence-electron chi connectivity index (χ0n) is 13.9. The number of hydrogen-bond acceptors (Lipinski definition) is 3. The lowest BCUT2D eigenvalue weighted by Crippen LogP contribution is -2.55. The van der Waals surface area contributed by atoms with Crippen LogP contribution in [0.15, 0.2) is 24.3 Å². The van der Waals surface area contributed by atoms with E-state index in [1.165, 1.54) is 5.56 Å². The molecule has 0 spiro atoms. The molecule has 3 rings (SSSR count). The molecule has 2 atom stereocenters. The van der Waals surface area contributed by atoms with Gasteiger partial charge in [0, 0.05) is 24.4 Å². The van der Waals surface area contributed by atoms with Gasteiger partial charge in [-0.2, -0.15) is 0 Å². The Labute approximate surface area is 133 Å². The fraction of sp³-hybridized carbons (Fsp3) is 0.632. The highest BCUT2D eigenvalue weighted by atomic mass is 16.5. The number of benzene rings is 1. The largest absolute Gasteiger partial charge is 0.378 e. The Balaban J connectivity index is 1.62. The molecular formula is C19H27NO2. The molecule has 0 radical (unpaired) electrons. The number of morpholine rings is 1. The van der Waals surface area contributed by atoms with Gasteiger partial charge in [-0.25, -0.2) is 0 Å². The molecule has 3 heteroatoms. The number of fused-ring (bicyclic) bond motifs is 2. The fourth-order valence-corrected chi connectivity index (χ4v) is 3.57. The van der Waals surface area contributed by atoms with Gasteiger partial charge in [0.15, 0.2) is 0 Å². The van der Waals surface area contributed by atoms with Crippen molar-refractivity contribution in [2.24, 2.45) is 5.92 Å². The number of rotatable bonds is 3. The number of ether oxygens (including phenoxy) is 1. The molecule has 2 bridgehead atoms. The number of nitrogens with one attached hydrogen (secondary N) is 1. The van der Waals surface area contributed by atoms with Crippen molar-refractivity contribution in [1.29, 1.82) is 0 Å². The molecule has 2 unspecified atom stereocenters. The van der Waals surface area contributed by atoms with Crippen LogP contribution < -0.4 is 5.32 Å². The molecule has 0 aliphatic carbocycles. The van der Waals surface area contributed by atoms with Gasteiger partial charge in [-0.05, 0) is 29.4 Å². The molecular weight excluding hydrogens is 274 g/mol. The summed E-state index contributed by atoms with van der Waals surface area (Å²) in [4.78, 5) is 12.6. The van der Waals surface area contributed by atoms with Gasteiger partial charge < -0.3 is 10.1 Å². The summed E-state index contributed by atoms with van der Waals surface area (Å²) < 4.78 is 5.55. The number of ketones is 1. The van der Waals surface area contributed by atoms with Crippen molar-refractivity contribution >= 4 is 5.78 Å². The molecule has 1 N–H and O–H groups in total. The van der Waals surface area contributed by atoms with Gasteiger partial charge >= 0.3 is 0 Å². The van der Waals surface area contributed by atoms with Gasteiger partial charge in [0.2, 0.25) is 0 Å². The second kappa shape index (κ2) is 6.13. The highest BCUT2D eigenvalue weighted by Crippen LogP contribution is 2.27. The highest BCUT2D eigenvalue weighted by Gasteiger charge is 2.34. The maximum atomic E-state index is 12.6. The van der Waals surface area contributed by atoms with Crippen molar-refractivity contribution in [3.05, 3.63) is 35.4 Å². The lowest BCUT2D eigenvalue weighted by molar-refractivity contribution is -0.125. The smallest absolute Gasteiger partial charge is 0.140 e. The Morgan fingerprint density at radius 3 is 2.27 bits per heavy atom. The Bertz CT molecular complexity index is 517. The van der Waals surface area contributed by atoms with Crippen LogP contribution in [-0.4, -0.2) is 31.1 Å². The molecule has 1 aromatic carbocycles. The maximum Gasteiger partial charge on any atom is 0.140 e. The molecule has 0 aromatic heterocycles. The van der Waals surface area contributed by atoms with E-state index in [2.05, 4.69) is 50.4 Å². The van der Waals surface area contributed by atoms with Crippen LogP contribution in [0.3, 0.4) is 0 Å². The minimum absolute atomic E-state index is 0.162. The normalized spacial score (nSPS) is 28.4. The SMILES string of the molecule is CC(C)(C)c1ccc(CC(=O)C2CC3COCC(C2)N3)cc1. The van der Waals surface area contributed by atoms with E-state index in [4.69, 9.17) is 4.74 Å². The van der Waals surface area contributed by atoms with E-state index >= 15 is 0 Å². The van der Waals surface area contributed by atoms with Crippen molar-refractivity contribution in [1.82, 2.24) is 5.32 Å². The van der Waals surface area contributed by atoms with Gasteiger partial charge in [0.1, 0.15) is 5.78 Å². The number of carbonyl (C=O) groups is 1. The third-order valence-electron chi connectivity index (χ3n) is 4.90. The molecule has 2 aliphatic heterocycles. The van der Waals surface area contributed by atoms with Crippen molar-refractivity contribution in [3.63, 3.8) is 0 Å². The third kappa shape index (κ3) is 3.58. The Morgan fingerprint density at radius 2 is 1.73 bits per heavy atom. The number of carbonyl (C=O) groups excluding carboxylic acids is 1. The van der Waals surface area contributed by atoms with Crippen LogP contribution in [0.1, 0.15) is 44.7 Å². The van der Waals surface area contributed by atoms with Gasteiger partial charge in [-0.15, -0.1) is 0 Å². The molecule has 0 saturated carbocycles. The van der Waals surface area contributed by atoms with E-state index in [0.29, 0.717) is 24.3 Å². The van der Waals surface area contributed by atoms with E-state index in [1.54, 1.807) is 0 Å². The van der Waals surface area contributed by atoms with Gasteiger partial charge in [-0.1, -0.05) is 45.0 Å². The summed E-state index contributed by atoms with van der Waals surface area (Å²) in [6.07, 6.45) is 2.42. The molecule has 2 fully saturated rings. The van der Waals surface area contributed by atoms with Crippen LogP contribution in [0.4, 0.5) is 0 Å². The average molecular weight is 301 g/mol. The fourth-order valence-electron chi connectivity index (χ4n) is 3.57. The summed E-state index contributed by atoms with van der Waals surface area (Å²) in [5, 5.41) is 3.55. The Kier molecular flexibility index (Phi) is 4.37. The van der Waals surface area contributed by atoms with E-state index in [1.807, 2.05) is 0 Å². The van der Waals surface area contributed by atoms with Crippen LogP contribution in [0.25, 0.3) is 0 Å². The van der Waals surface area contributed by atoms with E-state index in [9.17, 15) is 4.79 Å². The minimum atomic E-state index is 0.162. The monoisotopic (exact) mass is 301 g/mol. The molecule has 120 valence electrons. The zero-order valence-corrected chi connectivity index (χ0v) is 13.9. The second-order valence-corrected chi connectivity index (χ2v) is 7.86. The zero-order chi connectivity index (χ0) is 15.7. The lowest BCUT2D eigenvalue weighted by Gasteiger charge is -2.39. The van der Waals surface area contributed by atoms with Crippen molar-refractivity contribution in [2.75, 3.05) is 13.2 Å². The predicted molar refractivity (Wildman–Crippen MR) is 88.1 cm³/mol.